The fourth-order valence-corrected chi connectivity index (χ4v) is 15.0. The molecule has 6 aromatic carbocycles. The van der Waals surface area contributed by atoms with E-state index in [1.165, 1.54) is 11.1 Å². The minimum atomic E-state index is -1.13. The summed E-state index contributed by atoms with van der Waals surface area (Å²) in [7, 11) is 0. The lowest BCUT2D eigenvalue weighted by Gasteiger charge is -2.33. The molecular formula is C86H112Cl3N12O13+. The van der Waals surface area contributed by atoms with Gasteiger partial charge in [0.05, 0.1) is 36.3 Å². The standard InChI is InChI=1S/C32H43ClN4O5.C22H27ClN4O.C18H26ClN3O3.C14H15NO4/c1-31(2,3)41-29(39)35-17-21-13-14-24(33)16-23(21)18-34-28(38)26-12-9-15-36(26)20-27-25-11-8-7-10-22(25)19-37(27)30(40)42-32(4,5)6;23-18-8-7-15(11-24)17(10-18)13-26-22(28)21-6-3-9-27(21)14-20-19-5-2-1-4-16(19)12-25-20;1-18(2,3)25-17(24)22-10-12-6-7-14(19)9-13(12)11-21-16(23)15-5-4-8-20-15;1-14(2,3)19-13(18)15-8-9-6-4-5-7-10(9)11(15)12(16)17/h7-8,10-11,13-14,16,26-27H,9,12,15,17-20H2,1-6H3,(H,34,38)(H,35,39);1-2,4-5,7-8,10,20-21,25H,3,6,9,11-14,24H2,(H,26,28);6-7,9,15,20H,4-5,8,10-11H2,1-3H3,(H,21,23)(H,22,24);4-7H,8H2,1-3H3/p+1/t26-,27?;20?,21-;15-;/m000./s1. The van der Waals surface area contributed by atoms with E-state index >= 15 is 0 Å². The number of fused-ring (bicyclic) bond motifs is 3. The normalized spacial score (nSPS) is 18.4. The number of halogens is 3. The van der Waals surface area contributed by atoms with Crippen molar-refractivity contribution < 1.29 is 67.0 Å². The third-order valence-corrected chi connectivity index (χ3v) is 20.4. The summed E-state index contributed by atoms with van der Waals surface area (Å²) < 4.78 is 22.7. The molecule has 0 aliphatic carbocycles. The highest BCUT2D eigenvalue weighted by atomic mass is 35.5. The smallest absolute Gasteiger partial charge is 0.473 e. The van der Waals surface area contributed by atoms with Crippen molar-refractivity contribution in [2.24, 2.45) is 5.73 Å². The molecular weight excluding hydrogens is 1520 g/mol. The lowest BCUT2D eigenvalue weighted by molar-refractivity contribution is -0.461. The van der Waals surface area contributed by atoms with Crippen LogP contribution in [0.1, 0.15) is 200 Å². The fourth-order valence-electron chi connectivity index (χ4n) is 14.4. The Bertz CT molecular complexity index is 4450. The van der Waals surface area contributed by atoms with Crippen LogP contribution in [0.25, 0.3) is 0 Å². The van der Waals surface area contributed by atoms with Crippen molar-refractivity contribution in [3.63, 3.8) is 0 Å². The quantitative estimate of drug-likeness (QED) is 0.0269. The lowest BCUT2D eigenvalue weighted by atomic mass is 10.0. The molecule has 0 bridgehead atoms. The SMILES string of the molecule is CC(C)(C)OC(=O)NCc1ccc(Cl)cc1CNC(=O)[C@@H]1CCCN1.CC(C)(C)OC(=O)NCc1ccc(Cl)cc1CNC(=O)[C@@H]1CCCN1CC1c2ccccc2CN1C(=O)OC(C)(C)C.CC(C)(C)OC(=O)[N+]1=C(C(=O)O)c2ccccc2C1.NCc1ccc(Cl)cc1CNC(=O)[C@@H]1CCCN1CC1NCc2ccccc21. The molecule has 10 N–H and O–H groups in total. The van der Waals surface area contributed by atoms with Gasteiger partial charge in [0.1, 0.15) is 22.4 Å². The van der Waals surface area contributed by atoms with Crippen molar-refractivity contribution >= 4 is 88.6 Å². The number of amides is 7. The number of carbonyl (C=O) groups is 8. The maximum absolute atomic E-state index is 13.5. The average molecular weight is 1630 g/mol. The Morgan fingerprint density at radius 3 is 1.46 bits per heavy atom. The van der Waals surface area contributed by atoms with E-state index in [1.807, 2.05) is 123 Å². The van der Waals surface area contributed by atoms with Crippen LogP contribution in [-0.4, -0.2) is 151 Å². The van der Waals surface area contributed by atoms with Gasteiger partial charge in [-0.05, 0) is 239 Å². The molecule has 3 saturated heterocycles. The number of benzene rings is 6. The molecule has 6 aromatic rings. The van der Waals surface area contributed by atoms with Crippen molar-refractivity contribution in [3.8, 4) is 0 Å². The Kier molecular flexibility index (Phi) is 31.1. The number of likely N-dealkylation sites (tertiary alicyclic amines) is 2. The zero-order valence-corrected chi connectivity index (χ0v) is 69.8. The molecule has 5 atom stereocenters. The number of carboxylic acids is 1. The largest absolute Gasteiger partial charge is 0.597 e. The van der Waals surface area contributed by atoms with Crippen LogP contribution in [0.3, 0.4) is 0 Å². The van der Waals surface area contributed by atoms with E-state index in [-0.39, 0.29) is 73.3 Å². The molecule has 25 nitrogen and oxygen atoms in total. The number of carboxylic acid groups (broad SMARTS) is 1. The van der Waals surface area contributed by atoms with Crippen LogP contribution in [-0.2, 0) is 97.0 Å². The minimum absolute atomic E-state index is 0.0106. The topological polar surface area (TPSA) is 317 Å². The van der Waals surface area contributed by atoms with E-state index in [4.69, 9.17) is 59.5 Å². The van der Waals surface area contributed by atoms with Crippen LogP contribution < -0.4 is 43.0 Å². The van der Waals surface area contributed by atoms with Crippen LogP contribution in [0.15, 0.2) is 127 Å². The summed E-state index contributed by atoms with van der Waals surface area (Å²) in [5.41, 5.74) is 15.1. The van der Waals surface area contributed by atoms with E-state index in [1.54, 1.807) is 62.1 Å². The minimum Gasteiger partial charge on any atom is -0.473 e. The Morgan fingerprint density at radius 1 is 0.500 bits per heavy atom. The van der Waals surface area contributed by atoms with Crippen molar-refractivity contribution in [2.75, 3.05) is 32.7 Å². The number of rotatable bonds is 19. The summed E-state index contributed by atoms with van der Waals surface area (Å²) in [4.78, 5) is 105. The Balaban J connectivity index is 0.000000182. The van der Waals surface area contributed by atoms with Crippen LogP contribution in [0, 0.1) is 0 Å². The van der Waals surface area contributed by atoms with Gasteiger partial charge in [-0.3, -0.25) is 29.1 Å². The molecule has 614 valence electrons. The molecule has 2 unspecified atom stereocenters. The van der Waals surface area contributed by atoms with Crippen molar-refractivity contribution in [1.29, 1.82) is 0 Å². The second-order valence-corrected chi connectivity index (χ2v) is 34.4. The second kappa shape index (κ2) is 39.9. The Morgan fingerprint density at radius 2 is 0.956 bits per heavy atom. The first-order chi connectivity index (χ1) is 53.9. The van der Waals surface area contributed by atoms with Gasteiger partial charge >= 0.3 is 36.1 Å². The van der Waals surface area contributed by atoms with Crippen LogP contribution in [0.2, 0.25) is 15.1 Å². The maximum Gasteiger partial charge on any atom is 0.597 e. The number of hydrogen-bond acceptors (Lipinski definition) is 17. The van der Waals surface area contributed by atoms with E-state index in [0.29, 0.717) is 65.9 Å². The Labute approximate surface area is 684 Å². The van der Waals surface area contributed by atoms with Gasteiger partial charge in [-0.15, -0.1) is 4.58 Å². The zero-order chi connectivity index (χ0) is 82.8. The van der Waals surface area contributed by atoms with E-state index in [0.717, 1.165) is 126 Å². The predicted molar refractivity (Wildman–Crippen MR) is 440 cm³/mol. The van der Waals surface area contributed by atoms with Crippen molar-refractivity contribution in [1.82, 2.24) is 51.9 Å². The molecule has 6 aliphatic rings. The predicted octanol–water partition coefficient (Wildman–Crippen LogP) is 13.4. The molecule has 0 aromatic heterocycles. The van der Waals surface area contributed by atoms with E-state index in [2.05, 4.69) is 77.3 Å². The number of carbonyl (C=O) groups excluding carboxylic acids is 7. The Hall–Kier alpha value is -9.18. The third kappa shape index (κ3) is 26.2. The zero-order valence-electron chi connectivity index (χ0n) is 67.5. The molecule has 0 radical (unpaired) electrons. The van der Waals surface area contributed by atoms with Gasteiger partial charge in [0.25, 0.3) is 0 Å². The number of nitrogens with two attached hydrogens (primary N) is 1. The molecule has 7 amide bonds. The number of alkyl carbamates (subject to hydrolysis) is 2. The highest BCUT2D eigenvalue weighted by Crippen LogP contribution is 2.38. The van der Waals surface area contributed by atoms with Crippen LogP contribution in [0.4, 0.5) is 19.2 Å². The first-order valence-electron chi connectivity index (χ1n) is 39.0. The van der Waals surface area contributed by atoms with Gasteiger partial charge in [-0.2, -0.15) is 4.79 Å². The molecule has 3 fully saturated rings. The highest BCUT2D eigenvalue weighted by Gasteiger charge is 2.43. The van der Waals surface area contributed by atoms with Crippen LogP contribution >= 0.6 is 34.8 Å². The molecule has 0 saturated carbocycles. The summed E-state index contributed by atoms with van der Waals surface area (Å²) >= 11 is 18.5. The summed E-state index contributed by atoms with van der Waals surface area (Å²) in [6.45, 7) is 29.4. The summed E-state index contributed by atoms with van der Waals surface area (Å²) in [6, 6.07) is 39.7. The first-order valence-corrected chi connectivity index (χ1v) is 40.1. The monoisotopic (exact) mass is 1630 g/mol. The average Bonchev–Trinajstić information content (AvgIpc) is 1.63. The maximum atomic E-state index is 13.5. The number of ether oxygens (including phenoxy) is 4. The van der Waals surface area contributed by atoms with E-state index < -0.39 is 46.7 Å². The summed E-state index contributed by atoms with van der Waals surface area (Å²) in [6.07, 6.45) is 3.47. The number of hydrogen-bond donors (Lipinski definition) is 9. The van der Waals surface area contributed by atoms with Crippen molar-refractivity contribution in [3.05, 3.63) is 209 Å². The fraction of sp³-hybridized carbons (Fsp3) is 0.477. The summed E-state index contributed by atoms with van der Waals surface area (Å²) in [5.74, 6) is -1.13. The number of nitrogens with zero attached hydrogens (tertiary/aromatic N) is 4. The van der Waals surface area contributed by atoms with Gasteiger partial charge in [0.2, 0.25) is 17.7 Å². The number of aliphatic carboxylic acids is 1. The highest BCUT2D eigenvalue weighted by molar-refractivity contribution is 6.41. The van der Waals surface area contributed by atoms with Gasteiger partial charge in [-0.1, -0.05) is 120 Å². The van der Waals surface area contributed by atoms with Crippen LogP contribution in [0.5, 0.6) is 0 Å². The van der Waals surface area contributed by atoms with Gasteiger partial charge in [-0.25, -0.2) is 19.2 Å². The van der Waals surface area contributed by atoms with Gasteiger partial charge < -0.3 is 67.0 Å². The molecule has 12 rings (SSSR count). The molecule has 6 heterocycles. The lowest BCUT2D eigenvalue weighted by Crippen LogP contribution is -2.47. The summed E-state index contributed by atoms with van der Waals surface area (Å²) in [5, 5.41) is 32.5. The van der Waals surface area contributed by atoms with Gasteiger partial charge in [0.15, 0.2) is 6.54 Å². The third-order valence-electron chi connectivity index (χ3n) is 19.7. The number of nitrogens with one attached hydrogen (secondary N) is 7. The molecule has 6 aliphatic heterocycles. The second-order valence-electron chi connectivity index (χ2n) is 33.1. The van der Waals surface area contributed by atoms with Crippen molar-refractivity contribution in [2.45, 2.75) is 233 Å². The molecule has 114 heavy (non-hydrogen) atoms. The van der Waals surface area contributed by atoms with E-state index in [9.17, 15) is 43.5 Å². The first kappa shape index (κ1) is 88.8. The molecule has 28 heteroatoms. The molecule has 0 spiro atoms. The van der Waals surface area contributed by atoms with Gasteiger partial charge in [0, 0.05) is 85.6 Å².